The van der Waals surface area contributed by atoms with E-state index in [1.807, 2.05) is 0 Å². The highest BCUT2D eigenvalue weighted by molar-refractivity contribution is 7.85. The Bertz CT molecular complexity index is 508. The maximum Gasteiger partial charge on any atom is 0.294 e. The van der Waals surface area contributed by atoms with E-state index in [1.165, 1.54) is 37.8 Å². The van der Waals surface area contributed by atoms with E-state index in [2.05, 4.69) is 13.8 Å². The second kappa shape index (κ2) is 9.98. The number of unbranched alkanes of at least 4 members (excludes halogenated alkanes) is 4. The van der Waals surface area contributed by atoms with Gasteiger partial charge in [-0.3, -0.25) is 4.55 Å². The summed E-state index contributed by atoms with van der Waals surface area (Å²) in [5, 5.41) is 0. The van der Waals surface area contributed by atoms with Gasteiger partial charge in [0, 0.05) is 13.2 Å². The number of benzene rings is 1. The standard InChI is InChI=1S/C17H28O4S/c1-3-4-5-6-7-13-21-14-12-15(2)16-8-10-17(11-9-16)22(18,19)20/h8-11,15H,3-7,12-14H2,1-2H3,(H,18,19,20). The van der Waals surface area contributed by atoms with Crippen LogP contribution >= 0.6 is 0 Å². The van der Waals surface area contributed by atoms with Gasteiger partial charge in [-0.15, -0.1) is 0 Å². The lowest BCUT2D eigenvalue weighted by Gasteiger charge is -2.12. The van der Waals surface area contributed by atoms with E-state index >= 15 is 0 Å². The average Bonchev–Trinajstić information content (AvgIpc) is 2.49. The summed E-state index contributed by atoms with van der Waals surface area (Å²) >= 11 is 0. The predicted molar refractivity (Wildman–Crippen MR) is 88.9 cm³/mol. The summed E-state index contributed by atoms with van der Waals surface area (Å²) in [5.41, 5.74) is 1.05. The van der Waals surface area contributed by atoms with Gasteiger partial charge in [-0.2, -0.15) is 8.42 Å². The molecule has 5 heteroatoms. The van der Waals surface area contributed by atoms with E-state index in [0.29, 0.717) is 5.92 Å². The first-order chi connectivity index (χ1) is 10.4. The fraction of sp³-hybridized carbons (Fsp3) is 0.647. The van der Waals surface area contributed by atoms with Gasteiger partial charge in [0.15, 0.2) is 0 Å². The number of hydrogen-bond donors (Lipinski definition) is 1. The highest BCUT2D eigenvalue weighted by atomic mass is 32.2. The van der Waals surface area contributed by atoms with E-state index in [-0.39, 0.29) is 4.90 Å². The van der Waals surface area contributed by atoms with Gasteiger partial charge in [0.1, 0.15) is 0 Å². The van der Waals surface area contributed by atoms with Gasteiger partial charge in [0.25, 0.3) is 10.1 Å². The molecule has 4 nitrogen and oxygen atoms in total. The lowest BCUT2D eigenvalue weighted by atomic mass is 9.98. The van der Waals surface area contributed by atoms with Crippen LogP contribution < -0.4 is 0 Å². The smallest absolute Gasteiger partial charge is 0.294 e. The van der Waals surface area contributed by atoms with Crippen molar-refractivity contribution in [1.29, 1.82) is 0 Å². The molecule has 22 heavy (non-hydrogen) atoms. The van der Waals surface area contributed by atoms with Crippen LogP contribution in [0.15, 0.2) is 29.2 Å². The van der Waals surface area contributed by atoms with Crippen LogP contribution in [0.4, 0.5) is 0 Å². The zero-order valence-electron chi connectivity index (χ0n) is 13.6. The average molecular weight is 328 g/mol. The summed E-state index contributed by atoms with van der Waals surface area (Å²) in [7, 11) is -4.10. The van der Waals surface area contributed by atoms with Crippen LogP contribution in [0.3, 0.4) is 0 Å². The number of rotatable bonds is 11. The molecule has 0 aromatic heterocycles. The maximum absolute atomic E-state index is 11.0. The van der Waals surface area contributed by atoms with Crippen molar-refractivity contribution >= 4 is 10.1 Å². The maximum atomic E-state index is 11.0. The number of hydrogen-bond acceptors (Lipinski definition) is 3. The zero-order chi connectivity index (χ0) is 16.4. The first-order valence-corrected chi connectivity index (χ1v) is 9.54. The van der Waals surface area contributed by atoms with Crippen molar-refractivity contribution in [2.45, 2.75) is 63.2 Å². The molecule has 0 aliphatic heterocycles. The quantitative estimate of drug-likeness (QED) is 0.482. The first kappa shape index (κ1) is 19.1. The molecule has 1 aromatic rings. The molecule has 0 spiro atoms. The van der Waals surface area contributed by atoms with Crippen LogP contribution in [-0.2, 0) is 14.9 Å². The van der Waals surface area contributed by atoms with Gasteiger partial charge in [0.05, 0.1) is 4.90 Å². The van der Waals surface area contributed by atoms with Crippen LogP contribution in [0, 0.1) is 0 Å². The monoisotopic (exact) mass is 328 g/mol. The molecule has 0 heterocycles. The van der Waals surface area contributed by atoms with Crippen LogP contribution in [0.5, 0.6) is 0 Å². The summed E-state index contributed by atoms with van der Waals surface area (Å²) in [4.78, 5) is -0.0632. The minimum atomic E-state index is -4.10. The van der Waals surface area contributed by atoms with Crippen LogP contribution in [0.25, 0.3) is 0 Å². The van der Waals surface area contributed by atoms with E-state index in [0.717, 1.165) is 31.6 Å². The molecule has 0 saturated carbocycles. The van der Waals surface area contributed by atoms with Crippen molar-refractivity contribution in [3.05, 3.63) is 29.8 Å². The third-order valence-corrected chi connectivity index (χ3v) is 4.70. The lowest BCUT2D eigenvalue weighted by molar-refractivity contribution is 0.124. The third-order valence-electron chi connectivity index (χ3n) is 3.83. The highest BCUT2D eigenvalue weighted by Crippen LogP contribution is 2.21. The molecule has 1 atom stereocenters. The van der Waals surface area contributed by atoms with Crippen molar-refractivity contribution in [2.24, 2.45) is 0 Å². The topological polar surface area (TPSA) is 63.6 Å². The van der Waals surface area contributed by atoms with Crippen molar-refractivity contribution in [1.82, 2.24) is 0 Å². The van der Waals surface area contributed by atoms with Gasteiger partial charge >= 0.3 is 0 Å². The normalized spacial score (nSPS) is 13.2. The Morgan fingerprint density at radius 2 is 1.68 bits per heavy atom. The Morgan fingerprint density at radius 3 is 2.27 bits per heavy atom. The van der Waals surface area contributed by atoms with Crippen molar-refractivity contribution in [3.8, 4) is 0 Å². The van der Waals surface area contributed by atoms with Gasteiger partial charge in [0.2, 0.25) is 0 Å². The van der Waals surface area contributed by atoms with Crippen LogP contribution in [0.1, 0.15) is 63.9 Å². The summed E-state index contributed by atoms with van der Waals surface area (Å²) < 4.78 is 36.6. The van der Waals surface area contributed by atoms with Crippen LogP contribution in [0.2, 0.25) is 0 Å². The third kappa shape index (κ3) is 7.38. The SMILES string of the molecule is CCCCCCCOCCC(C)c1ccc(S(=O)(=O)O)cc1. The van der Waals surface area contributed by atoms with Gasteiger partial charge in [-0.25, -0.2) is 0 Å². The molecule has 1 N–H and O–H groups in total. The summed E-state index contributed by atoms with van der Waals surface area (Å²) in [6.07, 6.45) is 7.11. The summed E-state index contributed by atoms with van der Waals surface area (Å²) in [5.74, 6) is 0.301. The van der Waals surface area contributed by atoms with Crippen molar-refractivity contribution in [3.63, 3.8) is 0 Å². The highest BCUT2D eigenvalue weighted by Gasteiger charge is 2.11. The molecule has 1 rings (SSSR count). The van der Waals surface area contributed by atoms with Crippen molar-refractivity contribution < 1.29 is 17.7 Å². The van der Waals surface area contributed by atoms with Gasteiger partial charge in [-0.1, -0.05) is 51.7 Å². The van der Waals surface area contributed by atoms with Crippen LogP contribution in [-0.4, -0.2) is 26.2 Å². The van der Waals surface area contributed by atoms with E-state index in [9.17, 15) is 8.42 Å². The Kier molecular flexibility index (Phi) is 8.68. The molecule has 0 radical (unpaired) electrons. The molecule has 0 amide bonds. The van der Waals surface area contributed by atoms with Gasteiger partial charge < -0.3 is 4.74 Å². The summed E-state index contributed by atoms with van der Waals surface area (Å²) in [6, 6.07) is 6.38. The molecule has 1 unspecified atom stereocenters. The van der Waals surface area contributed by atoms with Crippen molar-refractivity contribution in [2.75, 3.05) is 13.2 Å². The molecular weight excluding hydrogens is 300 g/mol. The Labute approximate surface area is 134 Å². The Morgan fingerprint density at radius 1 is 1.05 bits per heavy atom. The summed E-state index contributed by atoms with van der Waals surface area (Å²) in [6.45, 7) is 5.83. The van der Waals surface area contributed by atoms with E-state index in [1.54, 1.807) is 12.1 Å². The predicted octanol–water partition coefficient (Wildman–Crippen LogP) is 4.41. The lowest BCUT2D eigenvalue weighted by Crippen LogP contribution is -2.03. The molecular formula is C17H28O4S. The first-order valence-electron chi connectivity index (χ1n) is 8.10. The molecule has 1 aromatic carbocycles. The molecule has 0 aliphatic carbocycles. The molecule has 126 valence electrons. The van der Waals surface area contributed by atoms with E-state index in [4.69, 9.17) is 9.29 Å². The second-order valence-corrected chi connectivity index (χ2v) is 7.18. The largest absolute Gasteiger partial charge is 0.381 e. The molecule has 0 bridgehead atoms. The number of ether oxygens (including phenoxy) is 1. The minimum absolute atomic E-state index is 0.0632. The fourth-order valence-electron chi connectivity index (χ4n) is 2.30. The fourth-order valence-corrected chi connectivity index (χ4v) is 2.78. The zero-order valence-corrected chi connectivity index (χ0v) is 14.4. The van der Waals surface area contributed by atoms with Gasteiger partial charge in [-0.05, 0) is 36.5 Å². The Balaban J connectivity index is 2.24. The molecule has 0 saturated heterocycles. The molecule has 0 aliphatic rings. The minimum Gasteiger partial charge on any atom is -0.381 e. The Hall–Kier alpha value is -0.910. The molecule has 0 fully saturated rings. The van der Waals surface area contributed by atoms with E-state index < -0.39 is 10.1 Å². The second-order valence-electron chi connectivity index (χ2n) is 5.76.